The Balaban J connectivity index is 1.73. The van der Waals surface area contributed by atoms with Crippen molar-refractivity contribution in [3.63, 3.8) is 0 Å². The minimum absolute atomic E-state index is 0.156. The van der Waals surface area contributed by atoms with Crippen LogP contribution in [0.3, 0.4) is 0 Å². The summed E-state index contributed by atoms with van der Waals surface area (Å²) in [6.45, 7) is 8.24. The Morgan fingerprint density at radius 3 is 2.52 bits per heavy atom. The number of rotatable bonds is 5. The molecule has 0 aromatic heterocycles. The van der Waals surface area contributed by atoms with Gasteiger partial charge >= 0.3 is 5.97 Å². The monoisotopic (exact) mass is 460 g/mol. The smallest absolute Gasteiger partial charge is 0.303 e. The van der Waals surface area contributed by atoms with Gasteiger partial charge in [-0.3, -0.25) is 4.79 Å². The van der Waals surface area contributed by atoms with E-state index < -0.39 is 5.60 Å². The van der Waals surface area contributed by atoms with Crippen LogP contribution in [-0.2, 0) is 19.2 Å². The Labute approximate surface area is 197 Å². The minimum Gasteiger partial charge on any atom is -0.452 e. The molecule has 4 aliphatic carbocycles. The Morgan fingerprint density at radius 1 is 1.15 bits per heavy atom. The van der Waals surface area contributed by atoms with Gasteiger partial charge in [-0.05, 0) is 80.1 Å². The first-order chi connectivity index (χ1) is 15.7. The molecule has 3 fully saturated rings. The summed E-state index contributed by atoms with van der Waals surface area (Å²) in [7, 11) is 3.09. The van der Waals surface area contributed by atoms with Gasteiger partial charge in [-0.15, -0.1) is 0 Å². The molecule has 7 heteroatoms. The number of hydrogen-bond donors (Lipinski definition) is 1. The van der Waals surface area contributed by atoms with Crippen molar-refractivity contribution < 1.29 is 24.3 Å². The molecular weight excluding hydrogens is 420 g/mol. The average molecular weight is 461 g/mol. The van der Waals surface area contributed by atoms with Crippen LogP contribution in [0.4, 0.5) is 0 Å². The normalized spacial score (nSPS) is 43.8. The second-order valence-corrected chi connectivity index (χ2v) is 11.1. The number of aliphatic hydroxyl groups excluding tert-OH is 1. The number of ether oxygens (including phenoxy) is 1. The third-order valence-electron chi connectivity index (χ3n) is 9.76. The molecule has 7 atom stereocenters. The van der Waals surface area contributed by atoms with Crippen molar-refractivity contribution in [3.8, 4) is 0 Å². The molecule has 4 rings (SSSR count). The molecule has 0 heterocycles. The Morgan fingerprint density at radius 2 is 1.88 bits per heavy atom. The number of carbonyl (C=O) groups excluding carboxylic acids is 1. The van der Waals surface area contributed by atoms with Gasteiger partial charge in [0.25, 0.3) is 0 Å². The summed E-state index contributed by atoms with van der Waals surface area (Å²) >= 11 is 0. The van der Waals surface area contributed by atoms with Crippen LogP contribution in [0.5, 0.6) is 0 Å². The van der Waals surface area contributed by atoms with Crippen LogP contribution in [0, 0.1) is 34.5 Å². The molecule has 0 amide bonds. The fourth-order valence-corrected chi connectivity index (χ4v) is 8.47. The second-order valence-electron chi connectivity index (χ2n) is 11.1. The molecule has 0 spiro atoms. The molecule has 7 nitrogen and oxygen atoms in total. The number of nitrogens with zero attached hydrogens (tertiary/aromatic N) is 2. The molecule has 0 bridgehead atoms. The largest absolute Gasteiger partial charge is 0.452 e. The van der Waals surface area contributed by atoms with Gasteiger partial charge in [0.2, 0.25) is 0 Å². The molecule has 184 valence electrons. The van der Waals surface area contributed by atoms with Crippen LogP contribution in [0.1, 0.15) is 72.6 Å². The van der Waals surface area contributed by atoms with E-state index in [-0.39, 0.29) is 23.4 Å². The highest BCUT2D eigenvalue weighted by Crippen LogP contribution is 2.69. The lowest BCUT2D eigenvalue weighted by atomic mass is 9.44. The molecule has 0 aliphatic heterocycles. The second kappa shape index (κ2) is 8.71. The minimum atomic E-state index is -0.912. The van der Waals surface area contributed by atoms with Crippen LogP contribution in [0.25, 0.3) is 0 Å². The Kier molecular flexibility index (Phi) is 6.40. The zero-order valence-corrected chi connectivity index (χ0v) is 21.0. The van der Waals surface area contributed by atoms with Crippen molar-refractivity contribution >= 4 is 17.4 Å². The van der Waals surface area contributed by atoms with Crippen LogP contribution in [0.15, 0.2) is 22.0 Å². The topological polar surface area (TPSA) is 89.7 Å². The number of hydrogen-bond acceptors (Lipinski definition) is 7. The Bertz CT molecular complexity index is 882. The third-order valence-corrected chi connectivity index (χ3v) is 9.76. The summed E-state index contributed by atoms with van der Waals surface area (Å²) < 4.78 is 6.11. The number of allylic oxidation sites excluding steroid dienone is 2. The molecule has 33 heavy (non-hydrogen) atoms. The summed E-state index contributed by atoms with van der Waals surface area (Å²) in [6.07, 6.45) is 9.11. The number of oxime groups is 2. The van der Waals surface area contributed by atoms with E-state index in [0.29, 0.717) is 35.8 Å². The zero-order chi connectivity index (χ0) is 24.0. The molecule has 0 aromatic carbocycles. The fraction of sp³-hybridized carbons (Fsp3) is 0.808. The quantitative estimate of drug-likeness (QED) is 0.371. The van der Waals surface area contributed by atoms with E-state index in [1.54, 1.807) is 7.11 Å². The molecule has 1 N–H and O–H groups in total. The summed E-state index contributed by atoms with van der Waals surface area (Å²) in [5.41, 5.74) is 1.98. The summed E-state index contributed by atoms with van der Waals surface area (Å²) in [4.78, 5) is 22.4. The molecule has 3 saturated carbocycles. The van der Waals surface area contributed by atoms with Crippen molar-refractivity contribution in [2.75, 3.05) is 20.8 Å². The van der Waals surface area contributed by atoms with Gasteiger partial charge in [0.15, 0.2) is 5.60 Å². The lowest BCUT2D eigenvalue weighted by molar-refractivity contribution is -0.168. The number of carbonyl (C=O) groups is 1. The van der Waals surface area contributed by atoms with Gasteiger partial charge in [0.1, 0.15) is 19.9 Å². The van der Waals surface area contributed by atoms with Crippen molar-refractivity contribution in [1.82, 2.24) is 0 Å². The van der Waals surface area contributed by atoms with Crippen molar-refractivity contribution in [2.45, 2.75) is 78.2 Å². The van der Waals surface area contributed by atoms with Gasteiger partial charge in [-0.25, -0.2) is 0 Å². The molecule has 4 aliphatic rings. The lowest BCUT2D eigenvalue weighted by Crippen LogP contribution is -2.60. The molecular formula is C26H40N2O5. The van der Waals surface area contributed by atoms with E-state index in [4.69, 9.17) is 14.4 Å². The first-order valence-electron chi connectivity index (χ1n) is 12.4. The van der Waals surface area contributed by atoms with Gasteiger partial charge < -0.3 is 19.5 Å². The first-order valence-corrected chi connectivity index (χ1v) is 12.4. The maximum absolute atomic E-state index is 12.3. The summed E-state index contributed by atoms with van der Waals surface area (Å²) in [6, 6.07) is 0. The molecule has 0 unspecified atom stereocenters. The zero-order valence-electron chi connectivity index (χ0n) is 21.0. The highest BCUT2D eigenvalue weighted by atomic mass is 16.6. The Hall–Kier alpha value is -1.89. The summed E-state index contributed by atoms with van der Waals surface area (Å²) in [5, 5.41) is 18.6. The predicted molar refractivity (Wildman–Crippen MR) is 127 cm³/mol. The van der Waals surface area contributed by atoms with Crippen LogP contribution >= 0.6 is 0 Å². The van der Waals surface area contributed by atoms with E-state index in [1.165, 1.54) is 19.6 Å². The molecule has 0 saturated heterocycles. The number of esters is 1. The third kappa shape index (κ3) is 3.53. The lowest BCUT2D eigenvalue weighted by Gasteiger charge is -2.60. The first kappa shape index (κ1) is 24.2. The van der Waals surface area contributed by atoms with E-state index in [0.717, 1.165) is 44.2 Å². The standard InChI is InChI=1S/C26H40N2O5/c1-16-13-19-20(24(3)10-7-18(27-31-5)14-22(16)24)8-11-25(4)21(19)9-12-26(25,33-17(2)30)23(15-29)28-32-6/h14,16,19-21,29H,7-13,15H2,1-6H3/b27-18-,28-23+/t16-,19+,20-,21-,24+,25-,26-/m0/s1. The average Bonchev–Trinajstić information content (AvgIpc) is 3.05. The van der Waals surface area contributed by atoms with E-state index >= 15 is 0 Å². The van der Waals surface area contributed by atoms with E-state index in [2.05, 4.69) is 37.2 Å². The van der Waals surface area contributed by atoms with Crippen LogP contribution < -0.4 is 0 Å². The van der Waals surface area contributed by atoms with Crippen LogP contribution in [0.2, 0.25) is 0 Å². The number of fused-ring (bicyclic) bond motifs is 5. The SMILES string of the molecule is CO/N=C1\C=C2[C@@H](C)C[C@@H]3[C@H](CC[C@@]4(C)[C@H]3CC[C@]4(OC(C)=O)/C(CO)=N/OC)[C@@]2(C)CC1. The van der Waals surface area contributed by atoms with Crippen LogP contribution in [-0.4, -0.2) is 48.9 Å². The van der Waals surface area contributed by atoms with E-state index in [1.807, 2.05) is 0 Å². The van der Waals surface area contributed by atoms with E-state index in [9.17, 15) is 9.90 Å². The fourth-order valence-electron chi connectivity index (χ4n) is 8.47. The van der Waals surface area contributed by atoms with Crippen molar-refractivity contribution in [1.29, 1.82) is 0 Å². The maximum atomic E-state index is 12.3. The highest BCUT2D eigenvalue weighted by Gasteiger charge is 2.68. The highest BCUT2D eigenvalue weighted by molar-refractivity contribution is 5.97. The molecule has 0 aromatic rings. The van der Waals surface area contributed by atoms with Crippen molar-refractivity contribution in [3.05, 3.63) is 11.6 Å². The summed E-state index contributed by atoms with van der Waals surface area (Å²) in [5.74, 6) is 1.67. The number of aliphatic hydroxyl groups is 1. The van der Waals surface area contributed by atoms with Crippen molar-refractivity contribution in [2.24, 2.45) is 44.8 Å². The van der Waals surface area contributed by atoms with Gasteiger partial charge in [-0.2, -0.15) is 0 Å². The van der Waals surface area contributed by atoms with Gasteiger partial charge in [0.05, 0.1) is 12.3 Å². The maximum Gasteiger partial charge on any atom is 0.303 e. The molecule has 0 radical (unpaired) electrons. The predicted octanol–water partition coefficient (Wildman–Crippen LogP) is 4.49. The van der Waals surface area contributed by atoms with Gasteiger partial charge in [-0.1, -0.05) is 36.7 Å². The van der Waals surface area contributed by atoms with Gasteiger partial charge in [0, 0.05) is 12.3 Å².